The van der Waals surface area contributed by atoms with Gasteiger partial charge >= 0.3 is 5.82 Å². The summed E-state index contributed by atoms with van der Waals surface area (Å²) in [6, 6.07) is 9.18. The van der Waals surface area contributed by atoms with Crippen LogP contribution < -0.4 is 0 Å². The van der Waals surface area contributed by atoms with Crippen molar-refractivity contribution in [2.45, 2.75) is 19.3 Å². The summed E-state index contributed by atoms with van der Waals surface area (Å²) >= 11 is 0. The van der Waals surface area contributed by atoms with Gasteiger partial charge in [0.1, 0.15) is 0 Å². The molecule has 2 aromatic rings. The van der Waals surface area contributed by atoms with Gasteiger partial charge in [-0.15, -0.1) is 5.10 Å². The molecule has 2 rings (SSSR count). The minimum absolute atomic E-state index is 0.0242. The fourth-order valence-electron chi connectivity index (χ4n) is 1.86. The Kier molecular flexibility index (Phi) is 3.84. The second kappa shape index (κ2) is 5.55. The number of aryl methyl sites for hydroxylation is 1. The summed E-state index contributed by atoms with van der Waals surface area (Å²) in [5.74, 6) is -0.453. The maximum atomic E-state index is 12.7. The molecular formula is C12H11F2N3O2. The normalized spacial score (nSPS) is 10.9. The molecule has 0 aliphatic carbocycles. The Bertz CT molecular complexity index is 570. The van der Waals surface area contributed by atoms with Crippen molar-refractivity contribution < 1.29 is 13.7 Å². The third-order valence-electron chi connectivity index (χ3n) is 2.77. The van der Waals surface area contributed by atoms with Crippen molar-refractivity contribution in [1.82, 2.24) is 10.2 Å². The number of alkyl halides is 2. The summed E-state index contributed by atoms with van der Waals surface area (Å²) < 4.78 is 25.4. The zero-order chi connectivity index (χ0) is 13.8. The molecule has 0 aliphatic heterocycles. The summed E-state index contributed by atoms with van der Waals surface area (Å²) in [6.45, 7) is 0. The molecule has 0 bridgehead atoms. The lowest BCUT2D eigenvalue weighted by atomic mass is 10.0. The first-order chi connectivity index (χ1) is 9.09. The first-order valence-corrected chi connectivity index (χ1v) is 5.63. The van der Waals surface area contributed by atoms with Gasteiger partial charge in [-0.25, -0.2) is 8.78 Å². The monoisotopic (exact) mass is 267 g/mol. The highest BCUT2D eigenvalue weighted by Crippen LogP contribution is 2.28. The summed E-state index contributed by atoms with van der Waals surface area (Å²) in [4.78, 5) is 10.0. The molecule has 0 saturated heterocycles. The number of benzene rings is 1. The van der Waals surface area contributed by atoms with Gasteiger partial charge in [0.2, 0.25) is 0 Å². The smallest absolute Gasteiger partial charge is 0.346 e. The van der Waals surface area contributed by atoms with Crippen molar-refractivity contribution in [3.05, 3.63) is 57.3 Å². The predicted octanol–water partition coefficient (Wildman–Crippen LogP) is 3.04. The van der Waals surface area contributed by atoms with Gasteiger partial charge in [0.05, 0.1) is 5.56 Å². The lowest BCUT2D eigenvalue weighted by Crippen LogP contribution is -1.99. The van der Waals surface area contributed by atoms with Crippen LogP contribution in [0.5, 0.6) is 0 Å². The molecule has 0 fully saturated rings. The van der Waals surface area contributed by atoms with Crippen LogP contribution in [0.1, 0.15) is 23.2 Å². The minimum atomic E-state index is -2.82. The molecule has 0 unspecified atom stereocenters. The average Bonchev–Trinajstić information content (AvgIpc) is 2.81. The van der Waals surface area contributed by atoms with E-state index in [2.05, 4.69) is 10.2 Å². The Hall–Kier alpha value is -2.31. The van der Waals surface area contributed by atoms with Crippen LogP contribution in [0, 0.1) is 10.1 Å². The molecule has 1 aromatic carbocycles. The van der Waals surface area contributed by atoms with Crippen molar-refractivity contribution in [1.29, 1.82) is 0 Å². The van der Waals surface area contributed by atoms with Crippen molar-refractivity contribution in [3.63, 3.8) is 0 Å². The van der Waals surface area contributed by atoms with Crippen LogP contribution in [0.2, 0.25) is 0 Å². The number of H-pyrrole nitrogens is 1. The first-order valence-electron chi connectivity index (χ1n) is 5.63. The number of nitro groups is 1. The van der Waals surface area contributed by atoms with Gasteiger partial charge in [-0.05, 0) is 23.3 Å². The van der Waals surface area contributed by atoms with E-state index < -0.39 is 22.9 Å². The molecule has 1 heterocycles. The molecule has 1 aromatic heterocycles. The highest BCUT2D eigenvalue weighted by atomic mass is 19.3. The van der Waals surface area contributed by atoms with E-state index in [1.54, 1.807) is 0 Å². The van der Waals surface area contributed by atoms with Gasteiger partial charge in [0, 0.05) is 0 Å². The average molecular weight is 267 g/mol. The summed E-state index contributed by atoms with van der Waals surface area (Å²) in [5, 5.41) is 16.2. The number of hydrogen-bond acceptors (Lipinski definition) is 3. The zero-order valence-corrected chi connectivity index (χ0v) is 9.85. The Morgan fingerprint density at radius 2 is 1.95 bits per heavy atom. The molecule has 0 saturated carbocycles. The van der Waals surface area contributed by atoms with Crippen LogP contribution in [0.4, 0.5) is 14.6 Å². The van der Waals surface area contributed by atoms with Gasteiger partial charge in [-0.1, -0.05) is 35.4 Å². The van der Waals surface area contributed by atoms with Gasteiger partial charge in [-0.3, -0.25) is 0 Å². The van der Waals surface area contributed by atoms with Crippen LogP contribution in [-0.2, 0) is 12.8 Å². The number of aromatic nitrogens is 2. The quantitative estimate of drug-likeness (QED) is 0.668. The molecule has 1 N–H and O–H groups in total. The number of halogens is 2. The highest BCUT2D eigenvalue weighted by Gasteiger charge is 2.26. The van der Waals surface area contributed by atoms with E-state index in [0.29, 0.717) is 6.42 Å². The van der Waals surface area contributed by atoms with Gasteiger partial charge in [0.25, 0.3) is 6.43 Å². The van der Waals surface area contributed by atoms with Crippen molar-refractivity contribution >= 4 is 5.82 Å². The predicted molar refractivity (Wildman–Crippen MR) is 64.0 cm³/mol. The van der Waals surface area contributed by atoms with Gasteiger partial charge in [-0.2, -0.15) is 0 Å². The van der Waals surface area contributed by atoms with E-state index in [4.69, 9.17) is 0 Å². The van der Waals surface area contributed by atoms with E-state index in [-0.39, 0.29) is 12.0 Å². The Labute approximate surface area is 107 Å². The van der Waals surface area contributed by atoms with E-state index in [9.17, 15) is 18.9 Å². The standard InChI is InChI=1S/C12H11F2N3O2/c13-11(14)10-9(12(16-15-10)17(18)19)7-6-8-4-2-1-3-5-8/h1-5,11H,6-7H2,(H,15,16). The van der Waals surface area contributed by atoms with Crippen molar-refractivity contribution in [2.75, 3.05) is 0 Å². The molecular weight excluding hydrogens is 256 g/mol. The third kappa shape index (κ3) is 2.93. The van der Waals surface area contributed by atoms with E-state index in [0.717, 1.165) is 5.56 Å². The maximum absolute atomic E-state index is 12.7. The minimum Gasteiger partial charge on any atom is -0.358 e. The maximum Gasteiger partial charge on any atom is 0.346 e. The molecule has 0 atom stereocenters. The molecule has 0 aliphatic rings. The largest absolute Gasteiger partial charge is 0.358 e. The zero-order valence-electron chi connectivity index (χ0n) is 9.85. The topological polar surface area (TPSA) is 71.8 Å². The van der Waals surface area contributed by atoms with Crippen LogP contribution in [-0.4, -0.2) is 15.1 Å². The first kappa shape index (κ1) is 13.1. The lowest BCUT2D eigenvalue weighted by Gasteiger charge is -2.02. The second-order valence-corrected chi connectivity index (χ2v) is 3.98. The summed E-state index contributed by atoms with van der Waals surface area (Å²) in [7, 11) is 0. The molecule has 19 heavy (non-hydrogen) atoms. The number of aromatic amines is 1. The van der Waals surface area contributed by atoms with Crippen LogP contribution in [0.3, 0.4) is 0 Å². The Balaban J connectivity index is 2.23. The van der Waals surface area contributed by atoms with E-state index in [1.807, 2.05) is 30.3 Å². The van der Waals surface area contributed by atoms with E-state index in [1.165, 1.54) is 0 Å². The molecule has 100 valence electrons. The SMILES string of the molecule is O=[N+]([O-])c1[nH]nc(C(F)F)c1CCc1ccccc1. The number of nitrogens with zero attached hydrogens (tertiary/aromatic N) is 2. The highest BCUT2D eigenvalue weighted by molar-refractivity contribution is 5.37. The number of nitrogens with one attached hydrogen (secondary N) is 1. The molecule has 5 nitrogen and oxygen atoms in total. The molecule has 0 amide bonds. The summed E-state index contributed by atoms with van der Waals surface area (Å²) in [6.07, 6.45) is -2.23. The van der Waals surface area contributed by atoms with Crippen LogP contribution in [0.25, 0.3) is 0 Å². The fraction of sp³-hybridized carbons (Fsp3) is 0.250. The lowest BCUT2D eigenvalue weighted by molar-refractivity contribution is -0.390. The fourth-order valence-corrected chi connectivity index (χ4v) is 1.86. The molecule has 7 heteroatoms. The van der Waals surface area contributed by atoms with Crippen LogP contribution >= 0.6 is 0 Å². The Morgan fingerprint density at radius 1 is 1.26 bits per heavy atom. The number of rotatable bonds is 5. The van der Waals surface area contributed by atoms with Gasteiger partial charge < -0.3 is 10.1 Å². The third-order valence-corrected chi connectivity index (χ3v) is 2.77. The molecule has 0 radical (unpaired) electrons. The molecule has 0 spiro atoms. The second-order valence-electron chi connectivity index (χ2n) is 3.98. The van der Waals surface area contributed by atoms with Crippen molar-refractivity contribution in [2.24, 2.45) is 0 Å². The summed E-state index contributed by atoms with van der Waals surface area (Å²) in [5.41, 5.74) is 0.365. The van der Waals surface area contributed by atoms with Crippen molar-refractivity contribution in [3.8, 4) is 0 Å². The van der Waals surface area contributed by atoms with E-state index >= 15 is 0 Å². The Morgan fingerprint density at radius 3 is 2.53 bits per heavy atom. The van der Waals surface area contributed by atoms with Crippen LogP contribution in [0.15, 0.2) is 30.3 Å². The number of hydrogen-bond donors (Lipinski definition) is 1. The van der Waals surface area contributed by atoms with Gasteiger partial charge in [0.15, 0.2) is 5.69 Å².